The van der Waals surface area contributed by atoms with Crippen LogP contribution in [-0.4, -0.2) is 23.4 Å². The van der Waals surface area contributed by atoms with Crippen molar-refractivity contribution in [2.75, 3.05) is 0 Å². The van der Waals surface area contributed by atoms with Crippen molar-refractivity contribution in [3.05, 3.63) is 21.9 Å². The first-order chi connectivity index (χ1) is 8.44. The monoisotopic (exact) mass is 269 g/mol. The van der Waals surface area contributed by atoms with Crippen molar-refractivity contribution >= 4 is 24.0 Å². The van der Waals surface area contributed by atoms with E-state index in [4.69, 9.17) is 4.84 Å². The van der Waals surface area contributed by atoms with E-state index in [2.05, 4.69) is 0 Å². The molecule has 1 heterocycles. The van der Waals surface area contributed by atoms with Gasteiger partial charge in [-0.2, -0.15) is 0 Å². The minimum atomic E-state index is -0.390. The smallest absolute Gasteiger partial charge is 0.233 e. The maximum atomic E-state index is 10.9. The van der Waals surface area contributed by atoms with E-state index in [9.17, 15) is 9.59 Å². The zero-order valence-electron chi connectivity index (χ0n) is 11.0. The predicted molar refractivity (Wildman–Crippen MR) is 71.1 cm³/mol. The third-order valence-corrected chi connectivity index (χ3v) is 3.18. The number of thiophene rings is 1. The van der Waals surface area contributed by atoms with Crippen LogP contribution in [-0.2, 0) is 27.4 Å². The fourth-order valence-electron chi connectivity index (χ4n) is 1.44. The van der Waals surface area contributed by atoms with Gasteiger partial charge in [0.2, 0.25) is 6.41 Å². The third kappa shape index (κ3) is 5.42. The molecule has 5 heteroatoms. The highest BCUT2D eigenvalue weighted by Crippen LogP contribution is 2.20. The minimum Gasteiger partial charge on any atom is -0.303 e. The van der Waals surface area contributed by atoms with Gasteiger partial charge in [0.1, 0.15) is 6.29 Å². The molecule has 0 aliphatic rings. The first-order valence-electron chi connectivity index (χ1n) is 5.87. The van der Waals surface area contributed by atoms with Gasteiger partial charge in [0.05, 0.1) is 12.1 Å². The van der Waals surface area contributed by atoms with E-state index in [0.29, 0.717) is 19.4 Å². The molecule has 0 aliphatic heterocycles. The fourth-order valence-corrected chi connectivity index (χ4v) is 2.46. The molecule has 1 aromatic heterocycles. The van der Waals surface area contributed by atoms with E-state index in [1.807, 2.05) is 32.9 Å². The molecule has 0 spiro atoms. The molecule has 1 aromatic rings. The quantitative estimate of drug-likeness (QED) is 0.564. The summed E-state index contributed by atoms with van der Waals surface area (Å²) >= 11 is 1.60. The molecule has 1 rings (SSSR count). The summed E-state index contributed by atoms with van der Waals surface area (Å²) in [6.45, 7) is 6.13. The highest BCUT2D eigenvalue weighted by atomic mass is 32.1. The number of aldehydes is 1. The number of hydrogen-bond acceptors (Lipinski definition) is 4. The van der Waals surface area contributed by atoms with Gasteiger partial charge in [0.15, 0.2) is 0 Å². The summed E-state index contributed by atoms with van der Waals surface area (Å²) < 4.78 is 0. The van der Waals surface area contributed by atoms with Crippen molar-refractivity contribution in [2.24, 2.45) is 0 Å². The summed E-state index contributed by atoms with van der Waals surface area (Å²) in [5, 5.41) is 1.30. The van der Waals surface area contributed by atoms with Gasteiger partial charge < -0.3 is 4.79 Å². The predicted octanol–water partition coefficient (Wildman–Crippen LogP) is 2.57. The Morgan fingerprint density at radius 1 is 1.28 bits per heavy atom. The molecule has 0 radical (unpaired) electrons. The molecule has 0 aromatic carbocycles. The van der Waals surface area contributed by atoms with Gasteiger partial charge in [-0.05, 0) is 39.3 Å². The number of nitrogens with zero attached hydrogens (tertiary/aromatic N) is 1. The number of aryl methyl sites for hydroxylation is 1. The normalized spacial score (nSPS) is 11.3. The lowest BCUT2D eigenvalue weighted by atomic mass is 10.2. The Morgan fingerprint density at radius 2 is 1.94 bits per heavy atom. The van der Waals surface area contributed by atoms with Crippen LogP contribution in [0.25, 0.3) is 0 Å². The van der Waals surface area contributed by atoms with Crippen LogP contribution in [0.2, 0.25) is 0 Å². The van der Waals surface area contributed by atoms with Crippen molar-refractivity contribution in [2.45, 2.75) is 45.8 Å². The Kier molecular flexibility index (Phi) is 5.50. The summed E-state index contributed by atoms with van der Waals surface area (Å²) in [5.41, 5.74) is -0.390. The lowest BCUT2D eigenvalue weighted by molar-refractivity contribution is -0.220. The van der Waals surface area contributed by atoms with Gasteiger partial charge >= 0.3 is 0 Å². The van der Waals surface area contributed by atoms with E-state index in [1.165, 1.54) is 5.06 Å². The zero-order valence-corrected chi connectivity index (χ0v) is 11.8. The van der Waals surface area contributed by atoms with Crippen molar-refractivity contribution in [3.63, 3.8) is 0 Å². The Bertz CT molecular complexity index is 395. The molecule has 0 saturated heterocycles. The largest absolute Gasteiger partial charge is 0.303 e. The average Bonchev–Trinajstić information content (AvgIpc) is 2.71. The van der Waals surface area contributed by atoms with E-state index >= 15 is 0 Å². The van der Waals surface area contributed by atoms with Crippen molar-refractivity contribution in [1.29, 1.82) is 0 Å². The van der Waals surface area contributed by atoms with Crippen LogP contribution in [0.5, 0.6) is 0 Å². The Balaban J connectivity index is 2.56. The topological polar surface area (TPSA) is 46.6 Å². The van der Waals surface area contributed by atoms with Crippen molar-refractivity contribution in [3.8, 4) is 0 Å². The van der Waals surface area contributed by atoms with Crippen LogP contribution in [0, 0.1) is 0 Å². The van der Waals surface area contributed by atoms with Crippen LogP contribution in [0.15, 0.2) is 12.1 Å². The Labute approximate surface area is 112 Å². The lowest BCUT2D eigenvalue weighted by Gasteiger charge is -2.26. The molecule has 0 unspecified atom stereocenters. The summed E-state index contributed by atoms with van der Waals surface area (Å²) in [6, 6.07) is 3.96. The molecule has 0 saturated carbocycles. The third-order valence-electron chi connectivity index (χ3n) is 2.05. The van der Waals surface area contributed by atoms with Crippen LogP contribution in [0.4, 0.5) is 0 Å². The van der Waals surface area contributed by atoms with Gasteiger partial charge in [0, 0.05) is 16.2 Å². The Morgan fingerprint density at radius 3 is 2.50 bits per heavy atom. The van der Waals surface area contributed by atoms with Crippen LogP contribution < -0.4 is 0 Å². The van der Waals surface area contributed by atoms with Crippen molar-refractivity contribution < 1.29 is 14.4 Å². The molecular formula is C13H19NO3S. The average molecular weight is 269 g/mol. The van der Waals surface area contributed by atoms with E-state index < -0.39 is 5.60 Å². The maximum Gasteiger partial charge on any atom is 0.233 e. The summed E-state index contributed by atoms with van der Waals surface area (Å²) in [7, 11) is 0. The van der Waals surface area contributed by atoms with Gasteiger partial charge in [-0.25, -0.2) is 5.06 Å². The first-order valence-corrected chi connectivity index (χ1v) is 6.68. The zero-order chi connectivity index (χ0) is 13.6. The standard InChI is InChI=1S/C13H19NO3S/c1-13(2,3)17-14(10-16)9-12-7-6-11(18-12)5-4-8-15/h6-8,10H,4-5,9H2,1-3H3. The summed E-state index contributed by atoms with van der Waals surface area (Å²) in [4.78, 5) is 28.9. The van der Waals surface area contributed by atoms with E-state index in [0.717, 1.165) is 22.5 Å². The Hall–Kier alpha value is -1.20. The molecule has 18 heavy (non-hydrogen) atoms. The number of carbonyl (C=O) groups excluding carboxylic acids is 2. The number of hydrogen-bond donors (Lipinski definition) is 0. The van der Waals surface area contributed by atoms with Crippen molar-refractivity contribution in [1.82, 2.24) is 5.06 Å². The highest BCUT2D eigenvalue weighted by Gasteiger charge is 2.16. The lowest BCUT2D eigenvalue weighted by Crippen LogP contribution is -2.32. The second-order valence-corrected chi connectivity index (χ2v) is 6.21. The number of carbonyl (C=O) groups is 2. The number of rotatable bonds is 7. The molecule has 0 N–H and O–H groups in total. The molecule has 0 bridgehead atoms. The summed E-state index contributed by atoms with van der Waals surface area (Å²) in [5.74, 6) is 0. The molecule has 4 nitrogen and oxygen atoms in total. The second-order valence-electron chi connectivity index (χ2n) is 4.96. The minimum absolute atomic E-state index is 0.390. The number of hydroxylamine groups is 2. The SMILES string of the molecule is CC(C)(C)ON(C=O)Cc1ccc(CCC=O)s1. The molecular weight excluding hydrogens is 250 g/mol. The maximum absolute atomic E-state index is 10.9. The first kappa shape index (κ1) is 14.9. The van der Waals surface area contributed by atoms with Gasteiger partial charge in [-0.3, -0.25) is 9.63 Å². The highest BCUT2D eigenvalue weighted by molar-refractivity contribution is 7.11. The van der Waals surface area contributed by atoms with E-state index in [-0.39, 0.29) is 0 Å². The molecule has 0 aliphatic carbocycles. The van der Waals surface area contributed by atoms with E-state index in [1.54, 1.807) is 11.3 Å². The van der Waals surface area contributed by atoms with Gasteiger partial charge in [-0.1, -0.05) is 0 Å². The second kappa shape index (κ2) is 6.66. The van der Waals surface area contributed by atoms with Gasteiger partial charge in [0.25, 0.3) is 0 Å². The van der Waals surface area contributed by atoms with Crippen LogP contribution >= 0.6 is 11.3 Å². The van der Waals surface area contributed by atoms with Crippen LogP contribution in [0.1, 0.15) is 36.9 Å². The van der Waals surface area contributed by atoms with Gasteiger partial charge in [-0.15, -0.1) is 11.3 Å². The molecule has 0 fully saturated rings. The molecule has 0 atom stereocenters. The fraction of sp³-hybridized carbons (Fsp3) is 0.538. The van der Waals surface area contributed by atoms with Crippen LogP contribution in [0.3, 0.4) is 0 Å². The number of amides is 1. The summed E-state index contributed by atoms with van der Waals surface area (Å²) in [6.07, 6.45) is 2.90. The molecule has 1 amide bonds. The molecule has 100 valence electrons.